The number of nitrogen functional groups attached to an aromatic ring is 1. The Hall–Kier alpha value is -1.36. The molecule has 1 saturated heterocycles. The predicted molar refractivity (Wildman–Crippen MR) is 67.6 cm³/mol. The van der Waals surface area contributed by atoms with Crippen LogP contribution in [0.4, 0.5) is 20.2 Å². The molecule has 1 aromatic carbocycles. The predicted octanol–water partition coefficient (Wildman–Crippen LogP) is 2.41. The van der Waals surface area contributed by atoms with Crippen molar-refractivity contribution in [1.82, 2.24) is 0 Å². The minimum absolute atomic E-state index is 0.139. The van der Waals surface area contributed by atoms with Crippen LogP contribution in [0.2, 0.25) is 0 Å². The highest BCUT2D eigenvalue weighted by Crippen LogP contribution is 2.29. The molecule has 0 aliphatic carbocycles. The van der Waals surface area contributed by atoms with Gasteiger partial charge in [0.2, 0.25) is 0 Å². The lowest BCUT2D eigenvalue weighted by Gasteiger charge is -2.29. The molecule has 0 radical (unpaired) electrons. The number of anilines is 2. The number of halogens is 2. The lowest BCUT2D eigenvalue weighted by atomic mass is 10.0. The number of hydrogen-bond donors (Lipinski definition) is 1. The zero-order valence-corrected chi connectivity index (χ0v) is 10.5. The highest BCUT2D eigenvalue weighted by molar-refractivity contribution is 5.68. The molecule has 18 heavy (non-hydrogen) atoms. The van der Waals surface area contributed by atoms with Gasteiger partial charge in [-0.25, -0.2) is 8.78 Å². The SMILES string of the molecule is CN(CC1CCCOC1)c1c(N)ccc(F)c1F. The first-order chi connectivity index (χ1) is 8.59. The van der Waals surface area contributed by atoms with Gasteiger partial charge in [-0.05, 0) is 30.9 Å². The van der Waals surface area contributed by atoms with Crippen molar-refractivity contribution in [2.75, 3.05) is 37.4 Å². The van der Waals surface area contributed by atoms with Gasteiger partial charge in [0.15, 0.2) is 11.6 Å². The van der Waals surface area contributed by atoms with Gasteiger partial charge < -0.3 is 15.4 Å². The maximum Gasteiger partial charge on any atom is 0.184 e. The summed E-state index contributed by atoms with van der Waals surface area (Å²) in [5.74, 6) is -1.41. The van der Waals surface area contributed by atoms with Gasteiger partial charge >= 0.3 is 0 Å². The molecule has 2 N–H and O–H groups in total. The third kappa shape index (κ3) is 2.72. The quantitative estimate of drug-likeness (QED) is 0.844. The highest BCUT2D eigenvalue weighted by atomic mass is 19.2. The number of hydrogen-bond acceptors (Lipinski definition) is 3. The minimum atomic E-state index is -0.880. The van der Waals surface area contributed by atoms with Crippen molar-refractivity contribution in [3.8, 4) is 0 Å². The maximum atomic E-state index is 13.7. The molecule has 1 aromatic rings. The molecule has 2 rings (SSSR count). The summed E-state index contributed by atoms with van der Waals surface area (Å²) in [6, 6.07) is 2.44. The van der Waals surface area contributed by atoms with E-state index in [0.717, 1.165) is 25.5 Å². The van der Waals surface area contributed by atoms with Crippen LogP contribution in [0.25, 0.3) is 0 Å². The molecule has 0 amide bonds. The summed E-state index contributed by atoms with van der Waals surface area (Å²) in [7, 11) is 1.73. The second kappa shape index (κ2) is 5.52. The van der Waals surface area contributed by atoms with Crippen LogP contribution in [0.5, 0.6) is 0 Å². The van der Waals surface area contributed by atoms with Crippen molar-refractivity contribution in [3.63, 3.8) is 0 Å². The summed E-state index contributed by atoms with van der Waals surface area (Å²) < 4.78 is 32.3. The van der Waals surface area contributed by atoms with Crippen LogP contribution < -0.4 is 10.6 Å². The zero-order chi connectivity index (χ0) is 13.1. The van der Waals surface area contributed by atoms with E-state index in [1.54, 1.807) is 11.9 Å². The summed E-state index contributed by atoms with van der Waals surface area (Å²) in [6.07, 6.45) is 2.06. The van der Waals surface area contributed by atoms with Gasteiger partial charge in [0.25, 0.3) is 0 Å². The molecule has 0 saturated carbocycles. The Morgan fingerprint density at radius 1 is 1.44 bits per heavy atom. The summed E-state index contributed by atoms with van der Waals surface area (Å²) in [5, 5.41) is 0. The maximum absolute atomic E-state index is 13.7. The molecule has 0 spiro atoms. The van der Waals surface area contributed by atoms with Crippen LogP contribution in [0.3, 0.4) is 0 Å². The van der Waals surface area contributed by atoms with E-state index in [9.17, 15) is 8.78 Å². The van der Waals surface area contributed by atoms with Gasteiger partial charge in [-0.1, -0.05) is 0 Å². The smallest absolute Gasteiger partial charge is 0.184 e. The highest BCUT2D eigenvalue weighted by Gasteiger charge is 2.20. The Morgan fingerprint density at radius 3 is 2.89 bits per heavy atom. The summed E-state index contributed by atoms with van der Waals surface area (Å²) in [4.78, 5) is 1.67. The number of benzene rings is 1. The Morgan fingerprint density at radius 2 is 2.22 bits per heavy atom. The molecule has 100 valence electrons. The van der Waals surface area contributed by atoms with Crippen LogP contribution in [0.15, 0.2) is 12.1 Å². The van der Waals surface area contributed by atoms with Crippen LogP contribution in [-0.4, -0.2) is 26.8 Å². The van der Waals surface area contributed by atoms with Gasteiger partial charge in [-0.15, -0.1) is 0 Å². The molecule has 0 bridgehead atoms. The van der Waals surface area contributed by atoms with Crippen LogP contribution in [-0.2, 0) is 4.74 Å². The van der Waals surface area contributed by atoms with Crippen molar-refractivity contribution < 1.29 is 13.5 Å². The van der Waals surface area contributed by atoms with E-state index >= 15 is 0 Å². The molecule has 1 unspecified atom stereocenters. The van der Waals surface area contributed by atoms with Gasteiger partial charge in [-0.2, -0.15) is 0 Å². The van der Waals surface area contributed by atoms with Crippen molar-refractivity contribution in [3.05, 3.63) is 23.8 Å². The Labute approximate surface area is 106 Å². The largest absolute Gasteiger partial charge is 0.397 e. The number of nitrogens with two attached hydrogens (primary N) is 1. The zero-order valence-electron chi connectivity index (χ0n) is 10.5. The third-order valence-corrected chi connectivity index (χ3v) is 3.27. The number of rotatable bonds is 3. The van der Waals surface area contributed by atoms with Crippen molar-refractivity contribution in [2.24, 2.45) is 5.92 Å². The molecule has 1 aliphatic rings. The molecule has 3 nitrogen and oxygen atoms in total. The van der Waals surface area contributed by atoms with Crippen molar-refractivity contribution in [2.45, 2.75) is 12.8 Å². The molecule has 1 heterocycles. The van der Waals surface area contributed by atoms with Crippen molar-refractivity contribution >= 4 is 11.4 Å². The van der Waals surface area contributed by atoms with E-state index in [1.807, 2.05) is 0 Å². The standard InChI is InChI=1S/C13H18F2N2O/c1-17(7-9-3-2-6-18-8-9)13-11(16)5-4-10(14)12(13)15/h4-5,9H,2-3,6-8,16H2,1H3. The first-order valence-corrected chi connectivity index (χ1v) is 6.12. The first kappa shape index (κ1) is 13.1. The lowest BCUT2D eigenvalue weighted by molar-refractivity contribution is 0.0576. The van der Waals surface area contributed by atoms with E-state index in [-0.39, 0.29) is 11.4 Å². The van der Waals surface area contributed by atoms with Crippen molar-refractivity contribution in [1.29, 1.82) is 0 Å². The molecule has 1 aliphatic heterocycles. The molecule has 0 aromatic heterocycles. The fourth-order valence-electron chi connectivity index (χ4n) is 2.37. The Kier molecular flexibility index (Phi) is 4.01. The van der Waals surface area contributed by atoms with Crippen LogP contribution in [0.1, 0.15) is 12.8 Å². The topological polar surface area (TPSA) is 38.5 Å². The summed E-state index contributed by atoms with van der Waals surface area (Å²) in [6.45, 7) is 2.07. The summed E-state index contributed by atoms with van der Waals surface area (Å²) >= 11 is 0. The fraction of sp³-hybridized carbons (Fsp3) is 0.538. The Balaban J connectivity index is 2.12. The fourth-order valence-corrected chi connectivity index (χ4v) is 2.37. The molecular weight excluding hydrogens is 238 g/mol. The van der Waals surface area contributed by atoms with Gasteiger partial charge in [0.05, 0.1) is 18.0 Å². The second-order valence-electron chi connectivity index (χ2n) is 4.76. The average Bonchev–Trinajstić information content (AvgIpc) is 2.36. The van der Waals surface area contributed by atoms with E-state index < -0.39 is 11.6 Å². The van der Waals surface area contributed by atoms with E-state index in [2.05, 4.69) is 0 Å². The third-order valence-electron chi connectivity index (χ3n) is 3.27. The molecular formula is C13H18F2N2O. The van der Waals surface area contributed by atoms with E-state index in [0.29, 0.717) is 19.1 Å². The molecule has 1 fully saturated rings. The van der Waals surface area contributed by atoms with Gasteiger partial charge in [0.1, 0.15) is 0 Å². The monoisotopic (exact) mass is 256 g/mol. The second-order valence-corrected chi connectivity index (χ2v) is 4.76. The van der Waals surface area contributed by atoms with Gasteiger partial charge in [0, 0.05) is 20.2 Å². The van der Waals surface area contributed by atoms with E-state index in [4.69, 9.17) is 10.5 Å². The van der Waals surface area contributed by atoms with E-state index in [1.165, 1.54) is 6.07 Å². The lowest BCUT2D eigenvalue weighted by Crippen LogP contribution is -2.31. The minimum Gasteiger partial charge on any atom is -0.397 e. The summed E-state index contributed by atoms with van der Waals surface area (Å²) in [5.41, 5.74) is 6.11. The number of ether oxygens (including phenoxy) is 1. The molecule has 5 heteroatoms. The Bertz CT molecular complexity index is 420. The normalized spacial score (nSPS) is 19.8. The first-order valence-electron chi connectivity index (χ1n) is 6.12. The van der Waals surface area contributed by atoms with Crippen LogP contribution >= 0.6 is 0 Å². The molecule has 1 atom stereocenters. The van der Waals surface area contributed by atoms with Crippen LogP contribution in [0, 0.1) is 17.6 Å². The van der Waals surface area contributed by atoms with Gasteiger partial charge in [-0.3, -0.25) is 0 Å². The number of nitrogens with zero attached hydrogens (tertiary/aromatic N) is 1. The average molecular weight is 256 g/mol.